The van der Waals surface area contributed by atoms with E-state index in [0.717, 1.165) is 22.6 Å². The highest BCUT2D eigenvalue weighted by Gasteiger charge is 2.14. The highest BCUT2D eigenvalue weighted by Crippen LogP contribution is 2.18. The van der Waals surface area contributed by atoms with Crippen LogP contribution in [0, 0.1) is 19.7 Å². The zero-order valence-electron chi connectivity index (χ0n) is 14.5. The fourth-order valence-corrected chi connectivity index (χ4v) is 2.70. The van der Waals surface area contributed by atoms with Crippen molar-refractivity contribution in [3.05, 3.63) is 63.3 Å². The van der Waals surface area contributed by atoms with Gasteiger partial charge in [-0.05, 0) is 38.1 Å². The lowest BCUT2D eigenvalue weighted by atomic mass is 10.2. The minimum Gasteiger partial charge on any atom is -0.352 e. The number of H-pyrrole nitrogens is 2. The van der Waals surface area contributed by atoms with Crippen LogP contribution in [-0.2, 0) is 17.8 Å². The molecule has 8 nitrogen and oxygen atoms in total. The van der Waals surface area contributed by atoms with Crippen molar-refractivity contribution in [2.45, 2.75) is 33.2 Å². The van der Waals surface area contributed by atoms with Crippen LogP contribution in [0.25, 0.3) is 5.69 Å². The maximum atomic E-state index is 13.1. The number of aryl methyl sites for hydroxylation is 2. The second-order valence-electron chi connectivity index (χ2n) is 5.94. The third-order valence-corrected chi connectivity index (χ3v) is 4.11. The quantitative estimate of drug-likeness (QED) is 0.617. The molecule has 2 heterocycles. The predicted octanol–water partition coefficient (Wildman–Crippen LogP) is 1.29. The summed E-state index contributed by atoms with van der Waals surface area (Å²) in [6.45, 7) is 4.11. The molecule has 0 bridgehead atoms. The normalized spacial score (nSPS) is 10.9. The van der Waals surface area contributed by atoms with E-state index in [9.17, 15) is 14.0 Å². The molecule has 0 radical (unpaired) electrons. The molecule has 1 amide bonds. The Bertz CT molecular complexity index is 970. The molecule has 0 aliphatic carbocycles. The van der Waals surface area contributed by atoms with E-state index >= 15 is 0 Å². The van der Waals surface area contributed by atoms with Crippen molar-refractivity contribution in [1.29, 1.82) is 0 Å². The van der Waals surface area contributed by atoms with E-state index in [2.05, 4.69) is 25.6 Å². The maximum Gasteiger partial charge on any atom is 0.340 e. The van der Waals surface area contributed by atoms with Crippen LogP contribution in [0.2, 0.25) is 0 Å². The van der Waals surface area contributed by atoms with Gasteiger partial charge in [0.2, 0.25) is 5.91 Å². The average molecular weight is 358 g/mol. The standard InChI is InChI=1S/C17H19FN6O2/c1-10-14(9-19-16(25)8-7-15-20-17(26)22-21-15)11(2)24(23-10)13-5-3-12(18)4-6-13/h3-6H,7-9H2,1-2H3,(H,19,25)(H2,20,21,22,26). The van der Waals surface area contributed by atoms with Gasteiger partial charge in [-0.15, -0.1) is 0 Å². The van der Waals surface area contributed by atoms with Gasteiger partial charge in [-0.2, -0.15) is 10.2 Å². The van der Waals surface area contributed by atoms with Crippen molar-refractivity contribution < 1.29 is 9.18 Å². The van der Waals surface area contributed by atoms with Gasteiger partial charge in [-0.25, -0.2) is 19.0 Å². The summed E-state index contributed by atoms with van der Waals surface area (Å²) >= 11 is 0. The molecule has 0 unspecified atom stereocenters. The Labute approximate surface area is 148 Å². The zero-order chi connectivity index (χ0) is 18.7. The summed E-state index contributed by atoms with van der Waals surface area (Å²) in [5.74, 6) is -0.00940. The number of carbonyl (C=O) groups excluding carboxylic acids is 1. The van der Waals surface area contributed by atoms with Gasteiger partial charge in [0.05, 0.1) is 11.4 Å². The second-order valence-corrected chi connectivity index (χ2v) is 5.94. The minimum absolute atomic E-state index is 0.151. The topological polar surface area (TPSA) is 108 Å². The minimum atomic E-state index is -0.389. The number of aromatic amines is 2. The number of aromatic nitrogens is 5. The number of rotatable bonds is 6. The summed E-state index contributed by atoms with van der Waals surface area (Å²) < 4.78 is 14.8. The molecule has 1 aromatic carbocycles. The SMILES string of the molecule is Cc1nn(-c2ccc(F)cc2)c(C)c1CNC(=O)CCc1n[nH]c(=O)[nH]1. The van der Waals surface area contributed by atoms with E-state index in [1.54, 1.807) is 16.8 Å². The van der Waals surface area contributed by atoms with Gasteiger partial charge in [0.1, 0.15) is 11.6 Å². The molecule has 136 valence electrons. The Morgan fingerprint density at radius 3 is 2.65 bits per heavy atom. The third-order valence-electron chi connectivity index (χ3n) is 4.11. The number of amides is 1. The lowest BCUT2D eigenvalue weighted by Gasteiger charge is -2.07. The van der Waals surface area contributed by atoms with E-state index in [1.165, 1.54) is 12.1 Å². The van der Waals surface area contributed by atoms with Crippen LogP contribution in [0.4, 0.5) is 4.39 Å². The first kappa shape index (κ1) is 17.6. The largest absolute Gasteiger partial charge is 0.352 e. The number of benzene rings is 1. The molecule has 0 aliphatic heterocycles. The van der Waals surface area contributed by atoms with Gasteiger partial charge in [0.25, 0.3) is 0 Å². The van der Waals surface area contributed by atoms with Crippen LogP contribution in [0.15, 0.2) is 29.1 Å². The van der Waals surface area contributed by atoms with Crippen molar-refractivity contribution in [3.63, 3.8) is 0 Å². The lowest BCUT2D eigenvalue weighted by Crippen LogP contribution is -2.23. The van der Waals surface area contributed by atoms with Crippen molar-refractivity contribution in [3.8, 4) is 5.69 Å². The summed E-state index contributed by atoms with van der Waals surface area (Å²) in [6.07, 6.45) is 0.558. The van der Waals surface area contributed by atoms with Crippen LogP contribution in [-0.4, -0.2) is 30.9 Å². The molecule has 0 spiro atoms. The van der Waals surface area contributed by atoms with Gasteiger partial charge in [0.15, 0.2) is 0 Å². The van der Waals surface area contributed by atoms with Crippen LogP contribution in [0.5, 0.6) is 0 Å². The maximum absolute atomic E-state index is 13.1. The van der Waals surface area contributed by atoms with Gasteiger partial charge >= 0.3 is 5.69 Å². The molecule has 26 heavy (non-hydrogen) atoms. The average Bonchev–Trinajstić information content (AvgIpc) is 3.15. The van der Waals surface area contributed by atoms with Crippen molar-refractivity contribution in [2.24, 2.45) is 0 Å². The Morgan fingerprint density at radius 2 is 2.00 bits per heavy atom. The molecule has 3 rings (SSSR count). The number of hydrogen-bond acceptors (Lipinski definition) is 4. The van der Waals surface area contributed by atoms with E-state index in [0.29, 0.717) is 18.8 Å². The van der Waals surface area contributed by atoms with Gasteiger partial charge < -0.3 is 5.32 Å². The molecule has 0 saturated heterocycles. The number of nitrogens with zero attached hydrogens (tertiary/aromatic N) is 3. The van der Waals surface area contributed by atoms with Crippen molar-refractivity contribution in [1.82, 2.24) is 30.3 Å². The lowest BCUT2D eigenvalue weighted by molar-refractivity contribution is -0.121. The summed E-state index contributed by atoms with van der Waals surface area (Å²) in [7, 11) is 0. The fraction of sp³-hybridized carbons (Fsp3) is 0.294. The molecule has 3 aromatic rings. The monoisotopic (exact) mass is 358 g/mol. The van der Waals surface area contributed by atoms with Gasteiger partial charge in [-0.3, -0.25) is 9.78 Å². The van der Waals surface area contributed by atoms with Crippen LogP contribution in [0.3, 0.4) is 0 Å². The number of halogens is 1. The van der Waals surface area contributed by atoms with Crippen molar-refractivity contribution in [2.75, 3.05) is 0 Å². The fourth-order valence-electron chi connectivity index (χ4n) is 2.70. The summed E-state index contributed by atoms with van der Waals surface area (Å²) in [6, 6.07) is 6.07. The Hall–Kier alpha value is -3.23. The first-order valence-electron chi connectivity index (χ1n) is 8.15. The molecule has 0 saturated carbocycles. The predicted molar refractivity (Wildman–Crippen MR) is 92.4 cm³/mol. The highest BCUT2D eigenvalue weighted by atomic mass is 19.1. The number of hydrogen-bond donors (Lipinski definition) is 3. The van der Waals surface area contributed by atoms with E-state index < -0.39 is 0 Å². The molecule has 3 N–H and O–H groups in total. The summed E-state index contributed by atoms with van der Waals surface area (Å²) in [5, 5.41) is 13.3. The Morgan fingerprint density at radius 1 is 1.27 bits per heavy atom. The summed E-state index contributed by atoms with van der Waals surface area (Å²) in [5.41, 5.74) is 2.96. The zero-order valence-corrected chi connectivity index (χ0v) is 14.5. The van der Waals surface area contributed by atoms with Crippen LogP contribution >= 0.6 is 0 Å². The van der Waals surface area contributed by atoms with E-state index in [-0.39, 0.29) is 23.8 Å². The van der Waals surface area contributed by atoms with E-state index in [4.69, 9.17) is 0 Å². The molecular weight excluding hydrogens is 339 g/mol. The highest BCUT2D eigenvalue weighted by molar-refractivity contribution is 5.76. The molecule has 0 fully saturated rings. The molecular formula is C17H19FN6O2. The Kier molecular flexibility index (Phi) is 4.97. The van der Waals surface area contributed by atoms with Crippen LogP contribution < -0.4 is 11.0 Å². The Balaban J connectivity index is 1.63. The first-order valence-corrected chi connectivity index (χ1v) is 8.15. The first-order chi connectivity index (χ1) is 12.4. The second kappa shape index (κ2) is 7.34. The van der Waals surface area contributed by atoms with Crippen molar-refractivity contribution >= 4 is 5.91 Å². The molecule has 0 atom stereocenters. The smallest absolute Gasteiger partial charge is 0.340 e. The van der Waals surface area contributed by atoms with E-state index in [1.807, 2.05) is 13.8 Å². The van der Waals surface area contributed by atoms with Gasteiger partial charge in [-0.1, -0.05) is 0 Å². The molecule has 9 heteroatoms. The molecule has 2 aromatic heterocycles. The van der Waals surface area contributed by atoms with Crippen LogP contribution in [0.1, 0.15) is 29.2 Å². The number of carbonyl (C=O) groups is 1. The number of nitrogens with one attached hydrogen (secondary N) is 3. The third kappa shape index (κ3) is 3.88. The summed E-state index contributed by atoms with van der Waals surface area (Å²) in [4.78, 5) is 25.5. The van der Waals surface area contributed by atoms with Gasteiger partial charge in [0, 0.05) is 30.6 Å². The molecule has 0 aliphatic rings.